The summed E-state index contributed by atoms with van der Waals surface area (Å²) in [7, 11) is 0. The van der Waals surface area contributed by atoms with Gasteiger partial charge < -0.3 is 5.73 Å². The van der Waals surface area contributed by atoms with E-state index in [9.17, 15) is 0 Å². The van der Waals surface area contributed by atoms with Crippen LogP contribution in [0.4, 0.5) is 5.69 Å². The SMILES string of the molecule is Nc1c(Cl)ccc(Cl)c1-c1nc2nccnc2s1. The first-order valence-electron chi connectivity index (χ1n) is 4.98. The predicted molar refractivity (Wildman–Crippen MR) is 75.1 cm³/mol. The highest BCUT2D eigenvalue weighted by Crippen LogP contribution is 2.40. The molecule has 3 aromatic rings. The lowest BCUT2D eigenvalue weighted by atomic mass is 10.2. The fourth-order valence-electron chi connectivity index (χ4n) is 1.57. The van der Waals surface area contributed by atoms with Crippen LogP contribution in [0, 0.1) is 0 Å². The Morgan fingerprint density at radius 2 is 1.78 bits per heavy atom. The second kappa shape index (κ2) is 4.35. The lowest BCUT2D eigenvalue weighted by Gasteiger charge is -2.06. The van der Waals surface area contributed by atoms with Crippen LogP contribution in [0.3, 0.4) is 0 Å². The summed E-state index contributed by atoms with van der Waals surface area (Å²) in [4.78, 5) is 13.4. The molecule has 90 valence electrons. The van der Waals surface area contributed by atoms with Crippen molar-refractivity contribution in [1.29, 1.82) is 0 Å². The second-order valence-electron chi connectivity index (χ2n) is 3.52. The smallest absolute Gasteiger partial charge is 0.190 e. The number of thiazole rings is 1. The molecule has 0 amide bonds. The maximum atomic E-state index is 6.15. The monoisotopic (exact) mass is 296 g/mol. The molecule has 0 saturated heterocycles. The van der Waals surface area contributed by atoms with Gasteiger partial charge >= 0.3 is 0 Å². The number of hydrogen-bond donors (Lipinski definition) is 1. The fraction of sp³-hybridized carbons (Fsp3) is 0. The minimum Gasteiger partial charge on any atom is -0.397 e. The number of benzene rings is 1. The van der Waals surface area contributed by atoms with Gasteiger partial charge in [0.1, 0.15) is 5.01 Å². The van der Waals surface area contributed by atoms with Gasteiger partial charge in [0.05, 0.1) is 21.3 Å². The second-order valence-corrected chi connectivity index (χ2v) is 5.31. The third kappa shape index (κ3) is 1.80. The quantitative estimate of drug-likeness (QED) is 0.696. The van der Waals surface area contributed by atoms with Crippen LogP contribution in [0.2, 0.25) is 10.0 Å². The van der Waals surface area contributed by atoms with E-state index >= 15 is 0 Å². The van der Waals surface area contributed by atoms with Crippen molar-refractivity contribution in [3.63, 3.8) is 0 Å². The Labute approximate surface area is 116 Å². The molecule has 3 rings (SSSR count). The van der Waals surface area contributed by atoms with Crippen molar-refractivity contribution in [2.24, 2.45) is 0 Å². The highest BCUT2D eigenvalue weighted by Gasteiger charge is 2.15. The zero-order valence-electron chi connectivity index (χ0n) is 8.89. The Bertz CT molecular complexity index is 708. The number of nitrogens with two attached hydrogens (primary N) is 1. The molecule has 1 aromatic carbocycles. The van der Waals surface area contributed by atoms with Gasteiger partial charge in [0, 0.05) is 12.4 Å². The van der Waals surface area contributed by atoms with Crippen LogP contribution in [0.1, 0.15) is 0 Å². The van der Waals surface area contributed by atoms with Crippen LogP contribution in [0.15, 0.2) is 24.5 Å². The minimum absolute atomic E-state index is 0.420. The van der Waals surface area contributed by atoms with E-state index < -0.39 is 0 Å². The molecule has 2 N–H and O–H groups in total. The average molecular weight is 297 g/mol. The molecule has 0 bridgehead atoms. The van der Waals surface area contributed by atoms with E-state index in [1.54, 1.807) is 24.5 Å². The van der Waals surface area contributed by atoms with Gasteiger partial charge in [-0.05, 0) is 12.1 Å². The van der Waals surface area contributed by atoms with Crippen LogP contribution in [0.5, 0.6) is 0 Å². The molecule has 0 saturated carbocycles. The van der Waals surface area contributed by atoms with Gasteiger partial charge in [0.25, 0.3) is 0 Å². The van der Waals surface area contributed by atoms with Gasteiger partial charge in [0.2, 0.25) is 0 Å². The van der Waals surface area contributed by atoms with E-state index in [1.807, 2.05) is 0 Å². The minimum atomic E-state index is 0.420. The highest BCUT2D eigenvalue weighted by molar-refractivity contribution is 7.21. The molecular formula is C11H6Cl2N4S. The Balaban J connectivity index is 2.29. The molecule has 7 heteroatoms. The summed E-state index contributed by atoms with van der Waals surface area (Å²) in [6, 6.07) is 3.36. The number of nitrogen functional groups attached to an aromatic ring is 1. The summed E-state index contributed by atoms with van der Waals surface area (Å²) in [6.07, 6.45) is 3.21. The number of fused-ring (bicyclic) bond motifs is 1. The summed E-state index contributed by atoms with van der Waals surface area (Å²) in [6.45, 7) is 0. The Morgan fingerprint density at radius 3 is 2.56 bits per heavy atom. The summed E-state index contributed by atoms with van der Waals surface area (Å²) in [5.74, 6) is 0. The van der Waals surface area contributed by atoms with Crippen LogP contribution < -0.4 is 5.73 Å². The number of halogens is 2. The van der Waals surface area contributed by atoms with E-state index in [1.165, 1.54) is 11.3 Å². The summed E-state index contributed by atoms with van der Waals surface area (Å²) < 4.78 is 0. The average Bonchev–Trinajstić information content (AvgIpc) is 2.77. The standard InChI is InChI=1S/C11H6Cl2N4S/c12-5-1-2-6(13)8(14)7(5)10-17-9-11(18-10)16-4-3-15-9/h1-4H,14H2. The van der Waals surface area contributed by atoms with Gasteiger partial charge in [-0.2, -0.15) is 0 Å². The van der Waals surface area contributed by atoms with Crippen LogP contribution in [-0.2, 0) is 0 Å². The zero-order chi connectivity index (χ0) is 12.7. The van der Waals surface area contributed by atoms with Crippen molar-refractivity contribution < 1.29 is 0 Å². The van der Waals surface area contributed by atoms with E-state index in [-0.39, 0.29) is 0 Å². The first-order valence-corrected chi connectivity index (χ1v) is 6.55. The van der Waals surface area contributed by atoms with Crippen LogP contribution in [-0.4, -0.2) is 15.0 Å². The number of nitrogens with zero attached hydrogens (tertiary/aromatic N) is 3. The lowest BCUT2D eigenvalue weighted by Crippen LogP contribution is -1.92. The van der Waals surface area contributed by atoms with Crippen LogP contribution in [0.25, 0.3) is 21.0 Å². The molecule has 0 radical (unpaired) electrons. The number of aromatic nitrogens is 3. The highest BCUT2D eigenvalue weighted by atomic mass is 35.5. The summed E-state index contributed by atoms with van der Waals surface area (Å²) in [5.41, 5.74) is 7.58. The van der Waals surface area contributed by atoms with E-state index in [0.717, 1.165) is 4.83 Å². The first kappa shape index (κ1) is 11.6. The van der Waals surface area contributed by atoms with Gasteiger partial charge in [-0.1, -0.05) is 34.5 Å². The third-order valence-corrected chi connectivity index (χ3v) is 4.02. The molecule has 0 spiro atoms. The molecule has 0 aliphatic rings. The van der Waals surface area contributed by atoms with Crippen molar-refractivity contribution in [1.82, 2.24) is 15.0 Å². The number of anilines is 1. The zero-order valence-corrected chi connectivity index (χ0v) is 11.2. The Hall–Kier alpha value is -1.43. The fourth-order valence-corrected chi connectivity index (χ4v) is 2.98. The normalized spacial score (nSPS) is 11.0. The predicted octanol–water partition coefficient (Wildman–Crippen LogP) is 3.64. The summed E-state index contributed by atoms with van der Waals surface area (Å²) in [5, 5.41) is 1.63. The van der Waals surface area contributed by atoms with Crippen molar-refractivity contribution >= 4 is 50.7 Å². The van der Waals surface area contributed by atoms with Crippen molar-refractivity contribution in [3.05, 3.63) is 34.6 Å². The van der Waals surface area contributed by atoms with E-state index in [2.05, 4.69) is 15.0 Å². The first-order chi connectivity index (χ1) is 8.66. The molecule has 0 atom stereocenters. The number of hydrogen-bond acceptors (Lipinski definition) is 5. The maximum absolute atomic E-state index is 6.15. The molecule has 0 unspecified atom stereocenters. The molecule has 2 aromatic heterocycles. The summed E-state index contributed by atoms with van der Waals surface area (Å²) >= 11 is 13.5. The molecular weight excluding hydrogens is 291 g/mol. The topological polar surface area (TPSA) is 64.7 Å². The van der Waals surface area contributed by atoms with Crippen molar-refractivity contribution in [3.8, 4) is 10.6 Å². The largest absolute Gasteiger partial charge is 0.397 e. The van der Waals surface area contributed by atoms with Gasteiger partial charge in [-0.15, -0.1) is 0 Å². The van der Waals surface area contributed by atoms with Crippen molar-refractivity contribution in [2.45, 2.75) is 0 Å². The molecule has 0 aliphatic carbocycles. The molecule has 0 aliphatic heterocycles. The maximum Gasteiger partial charge on any atom is 0.190 e. The lowest BCUT2D eigenvalue weighted by molar-refractivity contribution is 1.26. The van der Waals surface area contributed by atoms with Gasteiger partial charge in [-0.25, -0.2) is 15.0 Å². The molecule has 18 heavy (non-hydrogen) atoms. The van der Waals surface area contributed by atoms with E-state index in [0.29, 0.717) is 32.0 Å². The third-order valence-electron chi connectivity index (χ3n) is 2.40. The van der Waals surface area contributed by atoms with Gasteiger partial charge in [0.15, 0.2) is 10.5 Å². The molecule has 0 fully saturated rings. The van der Waals surface area contributed by atoms with Gasteiger partial charge in [-0.3, -0.25) is 0 Å². The van der Waals surface area contributed by atoms with Crippen molar-refractivity contribution in [2.75, 3.05) is 5.73 Å². The molecule has 2 heterocycles. The van der Waals surface area contributed by atoms with Crippen LogP contribution >= 0.6 is 34.5 Å². The molecule has 4 nitrogen and oxygen atoms in total. The Kier molecular flexibility index (Phi) is 2.81. The number of rotatable bonds is 1. The van der Waals surface area contributed by atoms with E-state index in [4.69, 9.17) is 28.9 Å². The Morgan fingerprint density at radius 1 is 1.06 bits per heavy atom.